The second kappa shape index (κ2) is 9.81. The van der Waals surface area contributed by atoms with E-state index in [9.17, 15) is 19.8 Å². The van der Waals surface area contributed by atoms with Gasteiger partial charge in [0, 0.05) is 6.07 Å². The SMILES string of the molecule is CCOC(=O)COc1ccc(/C=N/NC(=O)c2ccc(O)cc2O)cc1OC. The van der Waals surface area contributed by atoms with E-state index in [1.165, 1.54) is 25.5 Å². The first-order valence-electron chi connectivity index (χ1n) is 8.26. The summed E-state index contributed by atoms with van der Waals surface area (Å²) >= 11 is 0. The maximum absolute atomic E-state index is 12.0. The molecular formula is C19H20N2O7. The number of rotatable bonds is 8. The number of hydrogen-bond acceptors (Lipinski definition) is 8. The maximum Gasteiger partial charge on any atom is 0.344 e. The molecule has 9 nitrogen and oxygen atoms in total. The van der Waals surface area contributed by atoms with E-state index in [0.717, 1.165) is 6.07 Å². The van der Waals surface area contributed by atoms with E-state index >= 15 is 0 Å². The number of ether oxygens (including phenoxy) is 3. The molecule has 0 bridgehead atoms. The zero-order chi connectivity index (χ0) is 20.5. The Hall–Kier alpha value is -3.75. The maximum atomic E-state index is 12.0. The third kappa shape index (κ3) is 5.63. The molecule has 0 saturated carbocycles. The predicted octanol–water partition coefficient (Wildman–Crippen LogP) is 1.81. The van der Waals surface area contributed by atoms with Crippen LogP contribution in [0.5, 0.6) is 23.0 Å². The summed E-state index contributed by atoms with van der Waals surface area (Å²) in [5.41, 5.74) is 2.83. The second-order valence-electron chi connectivity index (χ2n) is 5.40. The van der Waals surface area contributed by atoms with Crippen LogP contribution in [-0.2, 0) is 9.53 Å². The van der Waals surface area contributed by atoms with Crippen molar-refractivity contribution in [2.75, 3.05) is 20.3 Å². The summed E-state index contributed by atoms with van der Waals surface area (Å²) in [6.45, 7) is 1.72. The van der Waals surface area contributed by atoms with Gasteiger partial charge in [-0.25, -0.2) is 10.2 Å². The topological polar surface area (TPSA) is 127 Å². The van der Waals surface area contributed by atoms with Crippen LogP contribution < -0.4 is 14.9 Å². The van der Waals surface area contributed by atoms with Crippen molar-refractivity contribution in [1.29, 1.82) is 0 Å². The van der Waals surface area contributed by atoms with Crippen LogP contribution in [0.3, 0.4) is 0 Å². The average molecular weight is 388 g/mol. The number of phenols is 2. The Balaban J connectivity index is 2.01. The summed E-state index contributed by atoms with van der Waals surface area (Å²) in [6.07, 6.45) is 1.37. The van der Waals surface area contributed by atoms with E-state index in [1.807, 2.05) is 0 Å². The van der Waals surface area contributed by atoms with Crippen LogP contribution in [0, 0.1) is 0 Å². The summed E-state index contributed by atoms with van der Waals surface area (Å²) in [6, 6.07) is 8.45. The normalized spacial score (nSPS) is 10.5. The highest BCUT2D eigenvalue weighted by Crippen LogP contribution is 2.27. The van der Waals surface area contributed by atoms with Crippen molar-refractivity contribution >= 4 is 18.1 Å². The number of carbonyl (C=O) groups is 2. The van der Waals surface area contributed by atoms with Crippen molar-refractivity contribution in [2.24, 2.45) is 5.10 Å². The van der Waals surface area contributed by atoms with E-state index in [4.69, 9.17) is 14.2 Å². The Morgan fingerprint density at radius 3 is 2.61 bits per heavy atom. The fraction of sp³-hybridized carbons (Fsp3) is 0.211. The molecule has 0 spiro atoms. The Labute approximate surface area is 161 Å². The first-order chi connectivity index (χ1) is 13.4. The summed E-state index contributed by atoms with van der Waals surface area (Å²) in [4.78, 5) is 23.4. The average Bonchev–Trinajstić information content (AvgIpc) is 2.66. The number of nitrogens with one attached hydrogen (secondary N) is 1. The van der Waals surface area contributed by atoms with Crippen LogP contribution in [0.4, 0.5) is 0 Å². The number of esters is 1. The molecule has 0 aliphatic carbocycles. The van der Waals surface area contributed by atoms with Gasteiger partial charge in [0.1, 0.15) is 11.5 Å². The zero-order valence-electron chi connectivity index (χ0n) is 15.3. The first kappa shape index (κ1) is 20.6. The molecule has 0 heterocycles. The number of amides is 1. The lowest BCUT2D eigenvalue weighted by molar-refractivity contribution is -0.145. The van der Waals surface area contributed by atoms with Crippen molar-refractivity contribution in [3.63, 3.8) is 0 Å². The number of nitrogens with zero attached hydrogens (tertiary/aromatic N) is 1. The monoisotopic (exact) mass is 388 g/mol. The minimum Gasteiger partial charge on any atom is -0.508 e. The standard InChI is InChI=1S/C19H20N2O7/c1-3-27-18(24)11-28-16-7-4-12(8-17(16)26-2)10-20-21-19(25)14-6-5-13(22)9-15(14)23/h4-10,22-23H,3,11H2,1-2H3,(H,21,25)/b20-10+. The lowest BCUT2D eigenvalue weighted by atomic mass is 10.2. The van der Waals surface area contributed by atoms with Crippen LogP contribution in [-0.4, -0.2) is 48.6 Å². The molecular weight excluding hydrogens is 368 g/mol. The van der Waals surface area contributed by atoms with Gasteiger partial charge in [0.05, 0.1) is 25.5 Å². The van der Waals surface area contributed by atoms with Crippen LogP contribution in [0.15, 0.2) is 41.5 Å². The molecule has 3 N–H and O–H groups in total. The molecule has 28 heavy (non-hydrogen) atoms. The number of carbonyl (C=O) groups excluding carboxylic acids is 2. The van der Waals surface area contributed by atoms with E-state index in [1.54, 1.807) is 25.1 Å². The highest BCUT2D eigenvalue weighted by Gasteiger charge is 2.11. The molecule has 2 rings (SSSR count). The number of aromatic hydroxyl groups is 2. The van der Waals surface area contributed by atoms with Crippen LogP contribution >= 0.6 is 0 Å². The number of benzene rings is 2. The van der Waals surface area contributed by atoms with Gasteiger partial charge in [-0.2, -0.15) is 5.10 Å². The molecule has 2 aromatic rings. The summed E-state index contributed by atoms with van der Waals surface area (Å²) < 4.78 is 15.4. The van der Waals surface area contributed by atoms with E-state index < -0.39 is 11.9 Å². The Morgan fingerprint density at radius 2 is 1.93 bits per heavy atom. The van der Waals surface area contributed by atoms with Crippen molar-refractivity contribution in [2.45, 2.75) is 6.92 Å². The molecule has 0 aromatic heterocycles. The van der Waals surface area contributed by atoms with Crippen molar-refractivity contribution in [1.82, 2.24) is 5.43 Å². The molecule has 148 valence electrons. The molecule has 0 saturated heterocycles. The van der Waals surface area contributed by atoms with Crippen LogP contribution in [0.1, 0.15) is 22.8 Å². The van der Waals surface area contributed by atoms with E-state index in [2.05, 4.69) is 10.5 Å². The Bertz CT molecular complexity index is 881. The zero-order valence-corrected chi connectivity index (χ0v) is 15.3. The van der Waals surface area contributed by atoms with Crippen molar-refractivity contribution in [3.05, 3.63) is 47.5 Å². The van der Waals surface area contributed by atoms with Gasteiger partial charge in [-0.3, -0.25) is 4.79 Å². The van der Waals surface area contributed by atoms with Gasteiger partial charge >= 0.3 is 5.97 Å². The largest absolute Gasteiger partial charge is 0.508 e. The third-order valence-corrected chi connectivity index (χ3v) is 3.44. The van der Waals surface area contributed by atoms with E-state index in [-0.39, 0.29) is 30.3 Å². The van der Waals surface area contributed by atoms with E-state index in [0.29, 0.717) is 17.1 Å². The lowest BCUT2D eigenvalue weighted by Gasteiger charge is -2.10. The first-order valence-corrected chi connectivity index (χ1v) is 8.26. The second-order valence-corrected chi connectivity index (χ2v) is 5.40. The highest BCUT2D eigenvalue weighted by atomic mass is 16.6. The van der Waals surface area contributed by atoms with Gasteiger partial charge < -0.3 is 24.4 Å². The Morgan fingerprint density at radius 1 is 1.14 bits per heavy atom. The van der Waals surface area contributed by atoms with Crippen LogP contribution in [0.25, 0.3) is 0 Å². The molecule has 0 aliphatic rings. The van der Waals surface area contributed by atoms with Gasteiger partial charge in [0.15, 0.2) is 18.1 Å². The number of hydrogen-bond donors (Lipinski definition) is 3. The summed E-state index contributed by atoms with van der Waals surface area (Å²) in [5.74, 6) is -0.931. The van der Waals surface area contributed by atoms with Gasteiger partial charge in [-0.05, 0) is 42.8 Å². The van der Waals surface area contributed by atoms with Crippen LogP contribution in [0.2, 0.25) is 0 Å². The quantitative estimate of drug-likeness (QED) is 0.358. The molecule has 0 fully saturated rings. The molecule has 9 heteroatoms. The molecule has 0 atom stereocenters. The summed E-state index contributed by atoms with van der Waals surface area (Å²) in [5, 5.41) is 22.7. The minimum absolute atomic E-state index is 0.0322. The van der Waals surface area contributed by atoms with Crippen molar-refractivity contribution < 1.29 is 34.0 Å². The number of hydrazone groups is 1. The van der Waals surface area contributed by atoms with Gasteiger partial charge in [-0.1, -0.05) is 0 Å². The predicted molar refractivity (Wildman–Crippen MR) is 100.0 cm³/mol. The molecule has 2 aromatic carbocycles. The third-order valence-electron chi connectivity index (χ3n) is 3.44. The molecule has 1 amide bonds. The molecule has 0 aliphatic heterocycles. The Kier molecular flexibility index (Phi) is 7.21. The van der Waals surface area contributed by atoms with Gasteiger partial charge in [-0.15, -0.1) is 0 Å². The van der Waals surface area contributed by atoms with Gasteiger partial charge in [0.2, 0.25) is 0 Å². The summed E-state index contributed by atoms with van der Waals surface area (Å²) in [7, 11) is 1.45. The fourth-order valence-electron chi connectivity index (χ4n) is 2.16. The van der Waals surface area contributed by atoms with Crippen molar-refractivity contribution in [3.8, 4) is 23.0 Å². The highest BCUT2D eigenvalue weighted by molar-refractivity contribution is 5.97. The van der Waals surface area contributed by atoms with Gasteiger partial charge in [0.25, 0.3) is 5.91 Å². The molecule has 0 radical (unpaired) electrons. The lowest BCUT2D eigenvalue weighted by Crippen LogP contribution is -2.17. The smallest absolute Gasteiger partial charge is 0.344 e. The number of methoxy groups -OCH3 is 1. The fourth-order valence-corrected chi connectivity index (χ4v) is 2.16. The minimum atomic E-state index is -0.643. The number of phenolic OH excluding ortho intramolecular Hbond substituents is 2. The molecule has 0 unspecified atom stereocenters.